The molecule has 1 heteroatoms. The summed E-state index contributed by atoms with van der Waals surface area (Å²) in [5.41, 5.74) is 2.28. The van der Waals surface area contributed by atoms with E-state index in [1.165, 1.54) is 5.57 Å². The highest BCUT2D eigenvalue weighted by Crippen LogP contribution is 2.03. The number of rotatable bonds is 4. The quantitative estimate of drug-likeness (QED) is 0.546. The molecule has 0 spiro atoms. The Hall–Kier alpha value is -0.850. The first-order chi connectivity index (χ1) is 5.20. The summed E-state index contributed by atoms with van der Waals surface area (Å²) in [5.74, 6) is 0. The molecule has 0 unspecified atom stereocenters. The lowest BCUT2D eigenvalue weighted by molar-refractivity contribution is 0.981. The van der Waals surface area contributed by atoms with Gasteiger partial charge in [0, 0.05) is 11.9 Å². The molecule has 0 aliphatic carbocycles. The van der Waals surface area contributed by atoms with Gasteiger partial charge in [-0.3, -0.25) is 4.99 Å². The van der Waals surface area contributed by atoms with Crippen molar-refractivity contribution in [2.24, 2.45) is 4.99 Å². The van der Waals surface area contributed by atoms with Crippen LogP contribution in [0.5, 0.6) is 0 Å². The van der Waals surface area contributed by atoms with Gasteiger partial charge in [0.2, 0.25) is 0 Å². The van der Waals surface area contributed by atoms with Crippen LogP contribution in [-0.2, 0) is 0 Å². The lowest BCUT2D eigenvalue weighted by Gasteiger charge is -1.94. The molecule has 0 heterocycles. The number of hydrogen-bond acceptors (Lipinski definition) is 1. The van der Waals surface area contributed by atoms with Crippen molar-refractivity contribution < 1.29 is 0 Å². The molecule has 0 rings (SSSR count). The van der Waals surface area contributed by atoms with Crippen LogP contribution in [-0.4, -0.2) is 6.21 Å². The van der Waals surface area contributed by atoms with E-state index in [1.54, 1.807) is 0 Å². The first-order valence-electron chi connectivity index (χ1n) is 4.08. The second-order valence-electron chi connectivity index (χ2n) is 2.55. The van der Waals surface area contributed by atoms with Crippen molar-refractivity contribution in [3.8, 4) is 0 Å². The standard InChI is InChI=1S/C10H17N/c1-5-10(6-2)7-8-11-9(3)4/h7-8H,3,5-6H2,1-2,4H3. The molecule has 0 saturated heterocycles. The predicted octanol–water partition coefficient (Wildman–Crippen LogP) is 3.34. The van der Waals surface area contributed by atoms with E-state index in [0.29, 0.717) is 0 Å². The largest absolute Gasteiger partial charge is 0.262 e. The van der Waals surface area contributed by atoms with Crippen LogP contribution in [0.15, 0.2) is 28.9 Å². The second kappa shape index (κ2) is 5.90. The van der Waals surface area contributed by atoms with Gasteiger partial charge in [-0.1, -0.05) is 26.0 Å². The molecule has 11 heavy (non-hydrogen) atoms. The van der Waals surface area contributed by atoms with Crippen LogP contribution in [0.3, 0.4) is 0 Å². The molecular formula is C10H17N. The number of nitrogens with zero attached hydrogens (tertiary/aromatic N) is 1. The average molecular weight is 151 g/mol. The van der Waals surface area contributed by atoms with Crippen molar-refractivity contribution in [3.05, 3.63) is 23.9 Å². The van der Waals surface area contributed by atoms with Gasteiger partial charge < -0.3 is 0 Å². The second-order valence-corrected chi connectivity index (χ2v) is 2.55. The van der Waals surface area contributed by atoms with Gasteiger partial charge in [-0.25, -0.2) is 0 Å². The number of hydrogen-bond donors (Lipinski definition) is 0. The van der Waals surface area contributed by atoms with Gasteiger partial charge in [-0.2, -0.15) is 0 Å². The summed E-state index contributed by atoms with van der Waals surface area (Å²) in [5, 5.41) is 0. The van der Waals surface area contributed by atoms with Crippen LogP contribution in [0.4, 0.5) is 0 Å². The summed E-state index contributed by atoms with van der Waals surface area (Å²) in [7, 11) is 0. The fourth-order valence-electron chi connectivity index (χ4n) is 0.756. The molecule has 0 fully saturated rings. The normalized spacial score (nSPS) is 10.1. The van der Waals surface area contributed by atoms with Crippen molar-refractivity contribution >= 4 is 6.21 Å². The topological polar surface area (TPSA) is 12.4 Å². The predicted molar refractivity (Wildman–Crippen MR) is 52.0 cm³/mol. The lowest BCUT2D eigenvalue weighted by Crippen LogP contribution is -1.78. The molecule has 0 aromatic heterocycles. The van der Waals surface area contributed by atoms with E-state index in [2.05, 4.69) is 31.5 Å². The van der Waals surface area contributed by atoms with Gasteiger partial charge >= 0.3 is 0 Å². The Balaban J connectivity index is 3.97. The summed E-state index contributed by atoms with van der Waals surface area (Å²) in [6.07, 6.45) is 6.11. The Kier molecular flexibility index (Phi) is 5.44. The molecule has 0 aromatic rings. The highest BCUT2D eigenvalue weighted by Gasteiger charge is 1.85. The maximum absolute atomic E-state index is 4.06. The monoisotopic (exact) mass is 151 g/mol. The Labute approximate surface area is 69.5 Å². The van der Waals surface area contributed by atoms with E-state index < -0.39 is 0 Å². The SMILES string of the molecule is C=C(C)N=CC=C(CC)CC. The van der Waals surface area contributed by atoms with Crippen molar-refractivity contribution in [2.45, 2.75) is 33.6 Å². The third-order valence-corrected chi connectivity index (χ3v) is 1.51. The minimum Gasteiger partial charge on any atom is -0.262 e. The summed E-state index contributed by atoms with van der Waals surface area (Å²) in [6.45, 7) is 9.88. The van der Waals surface area contributed by atoms with E-state index in [0.717, 1.165) is 18.5 Å². The molecule has 0 aromatic carbocycles. The van der Waals surface area contributed by atoms with Crippen molar-refractivity contribution in [3.63, 3.8) is 0 Å². The molecule has 0 saturated carbocycles. The van der Waals surface area contributed by atoms with E-state index >= 15 is 0 Å². The molecule has 0 aliphatic heterocycles. The van der Waals surface area contributed by atoms with Gasteiger partial charge in [0.25, 0.3) is 0 Å². The van der Waals surface area contributed by atoms with Crippen molar-refractivity contribution in [2.75, 3.05) is 0 Å². The van der Waals surface area contributed by atoms with Gasteiger partial charge in [0.15, 0.2) is 0 Å². The highest BCUT2D eigenvalue weighted by molar-refractivity contribution is 5.73. The van der Waals surface area contributed by atoms with Crippen LogP contribution < -0.4 is 0 Å². The molecule has 62 valence electrons. The Morgan fingerprint density at radius 1 is 1.36 bits per heavy atom. The molecule has 0 amide bonds. The fourth-order valence-corrected chi connectivity index (χ4v) is 0.756. The maximum Gasteiger partial charge on any atom is 0.0300 e. The summed E-state index contributed by atoms with van der Waals surface area (Å²) >= 11 is 0. The molecule has 1 nitrogen and oxygen atoms in total. The van der Waals surface area contributed by atoms with Crippen LogP contribution in [0.2, 0.25) is 0 Å². The molecule has 0 aliphatic rings. The van der Waals surface area contributed by atoms with Crippen LogP contribution in [0, 0.1) is 0 Å². The van der Waals surface area contributed by atoms with Gasteiger partial charge in [-0.05, 0) is 25.8 Å². The van der Waals surface area contributed by atoms with Gasteiger partial charge in [0.1, 0.15) is 0 Å². The van der Waals surface area contributed by atoms with Crippen molar-refractivity contribution in [1.29, 1.82) is 0 Å². The molecule has 0 radical (unpaired) electrons. The molecule has 0 atom stereocenters. The smallest absolute Gasteiger partial charge is 0.0300 e. The van der Waals surface area contributed by atoms with Crippen LogP contribution in [0.1, 0.15) is 33.6 Å². The maximum atomic E-state index is 4.06. The van der Waals surface area contributed by atoms with E-state index in [4.69, 9.17) is 0 Å². The Morgan fingerprint density at radius 2 is 1.91 bits per heavy atom. The average Bonchev–Trinajstić information content (AvgIpc) is 1.98. The van der Waals surface area contributed by atoms with Gasteiger partial charge in [0.05, 0.1) is 0 Å². The minimum absolute atomic E-state index is 0.854. The number of aliphatic imine (C=N–C) groups is 1. The Morgan fingerprint density at radius 3 is 2.27 bits per heavy atom. The van der Waals surface area contributed by atoms with Gasteiger partial charge in [-0.15, -0.1) is 0 Å². The zero-order valence-electron chi connectivity index (χ0n) is 7.72. The van der Waals surface area contributed by atoms with Crippen molar-refractivity contribution in [1.82, 2.24) is 0 Å². The van der Waals surface area contributed by atoms with E-state index in [1.807, 2.05) is 13.1 Å². The summed E-state index contributed by atoms with van der Waals surface area (Å²) in [4.78, 5) is 4.06. The molecular weight excluding hydrogens is 134 g/mol. The number of allylic oxidation sites excluding steroid dienone is 3. The molecule has 0 bridgehead atoms. The summed E-state index contributed by atoms with van der Waals surface area (Å²) < 4.78 is 0. The molecule has 0 N–H and O–H groups in total. The third-order valence-electron chi connectivity index (χ3n) is 1.51. The zero-order chi connectivity index (χ0) is 8.69. The van der Waals surface area contributed by atoms with Crippen LogP contribution >= 0.6 is 0 Å². The van der Waals surface area contributed by atoms with E-state index in [-0.39, 0.29) is 0 Å². The lowest BCUT2D eigenvalue weighted by atomic mass is 10.1. The zero-order valence-corrected chi connectivity index (χ0v) is 7.72. The first kappa shape index (κ1) is 10.2. The summed E-state index contributed by atoms with van der Waals surface area (Å²) in [6, 6.07) is 0. The van der Waals surface area contributed by atoms with Crippen LogP contribution in [0.25, 0.3) is 0 Å². The highest BCUT2D eigenvalue weighted by atomic mass is 14.7. The third kappa shape index (κ3) is 5.59. The minimum atomic E-state index is 0.854. The first-order valence-corrected chi connectivity index (χ1v) is 4.08. The Bertz CT molecular complexity index is 169. The van der Waals surface area contributed by atoms with E-state index in [9.17, 15) is 0 Å². The fraction of sp³-hybridized carbons (Fsp3) is 0.500.